The molecule has 0 bridgehead atoms. The number of ether oxygens (including phenoxy) is 1. The Balaban J connectivity index is 4.51. The molecule has 2 heteroatoms. The van der Waals surface area contributed by atoms with Gasteiger partial charge in [-0.3, -0.25) is 4.79 Å². The summed E-state index contributed by atoms with van der Waals surface area (Å²) in [6.07, 6.45) is 7.23. The summed E-state index contributed by atoms with van der Waals surface area (Å²) in [6, 6.07) is 0. The molecule has 0 aromatic rings. The lowest BCUT2D eigenvalue weighted by Crippen LogP contribution is -2.24. The van der Waals surface area contributed by atoms with Crippen LogP contribution in [-0.2, 0) is 9.53 Å². The Hall–Kier alpha value is -1.31. The fraction of sp³-hybridized carbons (Fsp3) is 0.500. The standard InChI is InChI=1S/C14H22O2/c1-6-8-10-11(3)12(4)14(9-7-2)16-13(5)15/h6,8,10,12,14H,1,3,7,9H2,2,4-5H3/b10-8-/t12-,14+/m0/s1. The zero-order valence-corrected chi connectivity index (χ0v) is 10.5. The van der Waals surface area contributed by atoms with Gasteiger partial charge in [-0.1, -0.05) is 51.7 Å². The molecule has 0 aliphatic heterocycles. The van der Waals surface area contributed by atoms with Crippen molar-refractivity contribution in [2.75, 3.05) is 0 Å². The summed E-state index contributed by atoms with van der Waals surface area (Å²) in [6.45, 7) is 13.1. The quantitative estimate of drug-likeness (QED) is 0.485. The molecular formula is C14H22O2. The average molecular weight is 222 g/mol. The van der Waals surface area contributed by atoms with Crippen LogP contribution in [-0.4, -0.2) is 12.1 Å². The lowest BCUT2D eigenvalue weighted by molar-refractivity contribution is -0.148. The smallest absolute Gasteiger partial charge is 0.302 e. The van der Waals surface area contributed by atoms with Gasteiger partial charge in [0.25, 0.3) is 0 Å². The van der Waals surface area contributed by atoms with Crippen LogP contribution in [0.25, 0.3) is 0 Å². The Morgan fingerprint density at radius 1 is 1.50 bits per heavy atom. The van der Waals surface area contributed by atoms with E-state index in [0.29, 0.717) is 0 Å². The van der Waals surface area contributed by atoms with Gasteiger partial charge in [-0.05, 0) is 12.0 Å². The van der Waals surface area contributed by atoms with Crippen LogP contribution in [0.4, 0.5) is 0 Å². The van der Waals surface area contributed by atoms with Crippen LogP contribution in [0.1, 0.15) is 33.6 Å². The second-order valence-corrected chi connectivity index (χ2v) is 3.89. The molecule has 16 heavy (non-hydrogen) atoms. The van der Waals surface area contributed by atoms with Crippen LogP contribution in [0.3, 0.4) is 0 Å². The lowest BCUT2D eigenvalue weighted by Gasteiger charge is -2.23. The van der Waals surface area contributed by atoms with Crippen LogP contribution in [0.15, 0.2) is 37.0 Å². The molecule has 0 unspecified atom stereocenters. The largest absolute Gasteiger partial charge is 0.462 e. The van der Waals surface area contributed by atoms with Crippen molar-refractivity contribution in [3.05, 3.63) is 37.0 Å². The molecule has 0 aromatic heterocycles. The number of hydrogen-bond donors (Lipinski definition) is 0. The van der Waals surface area contributed by atoms with E-state index in [0.717, 1.165) is 18.4 Å². The first-order valence-electron chi connectivity index (χ1n) is 5.68. The van der Waals surface area contributed by atoms with E-state index in [9.17, 15) is 4.79 Å². The van der Waals surface area contributed by atoms with Gasteiger partial charge in [0.1, 0.15) is 6.10 Å². The third-order valence-corrected chi connectivity index (χ3v) is 2.48. The molecule has 0 radical (unpaired) electrons. The van der Waals surface area contributed by atoms with Crippen molar-refractivity contribution in [3.8, 4) is 0 Å². The van der Waals surface area contributed by atoms with Crippen molar-refractivity contribution in [3.63, 3.8) is 0 Å². The van der Waals surface area contributed by atoms with Crippen LogP contribution in [0, 0.1) is 5.92 Å². The van der Waals surface area contributed by atoms with Gasteiger partial charge in [0.15, 0.2) is 0 Å². The van der Waals surface area contributed by atoms with Crippen molar-refractivity contribution < 1.29 is 9.53 Å². The fourth-order valence-electron chi connectivity index (χ4n) is 1.49. The predicted octanol–water partition coefficient (Wildman–Crippen LogP) is 3.65. The Labute approximate surface area is 98.7 Å². The SMILES string of the molecule is C=C/C=C\C(=C)[C@H](C)[C@@H](CCC)OC(C)=O. The number of rotatable bonds is 7. The zero-order valence-electron chi connectivity index (χ0n) is 10.5. The van der Waals surface area contributed by atoms with Gasteiger partial charge in [0, 0.05) is 12.8 Å². The number of carbonyl (C=O) groups is 1. The number of hydrogen-bond acceptors (Lipinski definition) is 2. The highest BCUT2D eigenvalue weighted by Gasteiger charge is 2.20. The van der Waals surface area contributed by atoms with Crippen molar-refractivity contribution >= 4 is 5.97 Å². The third kappa shape index (κ3) is 5.54. The van der Waals surface area contributed by atoms with E-state index in [2.05, 4.69) is 20.1 Å². The average Bonchev–Trinajstić information content (AvgIpc) is 2.23. The molecular weight excluding hydrogens is 200 g/mol. The van der Waals surface area contributed by atoms with Gasteiger partial charge in [0.05, 0.1) is 0 Å². The molecule has 90 valence electrons. The second-order valence-electron chi connectivity index (χ2n) is 3.89. The summed E-state index contributed by atoms with van der Waals surface area (Å²) in [5, 5.41) is 0. The van der Waals surface area contributed by atoms with Crippen LogP contribution < -0.4 is 0 Å². The number of carbonyl (C=O) groups excluding carboxylic acids is 1. The molecule has 0 N–H and O–H groups in total. The molecule has 2 atom stereocenters. The molecule has 0 heterocycles. The highest BCUT2D eigenvalue weighted by Crippen LogP contribution is 2.21. The Morgan fingerprint density at radius 2 is 2.12 bits per heavy atom. The highest BCUT2D eigenvalue weighted by atomic mass is 16.5. The zero-order chi connectivity index (χ0) is 12.6. The third-order valence-electron chi connectivity index (χ3n) is 2.48. The van der Waals surface area contributed by atoms with Gasteiger partial charge < -0.3 is 4.74 Å². The van der Waals surface area contributed by atoms with Crippen molar-refractivity contribution in [1.82, 2.24) is 0 Å². The van der Waals surface area contributed by atoms with Gasteiger partial charge in [-0.2, -0.15) is 0 Å². The minimum atomic E-state index is -0.231. The van der Waals surface area contributed by atoms with Crippen molar-refractivity contribution in [2.45, 2.75) is 39.7 Å². The normalized spacial score (nSPS) is 14.4. The molecule has 0 saturated heterocycles. The molecule has 0 spiro atoms. The first-order valence-corrected chi connectivity index (χ1v) is 5.68. The van der Waals surface area contributed by atoms with Crippen molar-refractivity contribution in [1.29, 1.82) is 0 Å². The minimum absolute atomic E-state index is 0.0792. The molecule has 0 aliphatic rings. The van der Waals surface area contributed by atoms with E-state index < -0.39 is 0 Å². The maximum absolute atomic E-state index is 11.0. The topological polar surface area (TPSA) is 26.3 Å². The predicted molar refractivity (Wildman–Crippen MR) is 68.1 cm³/mol. The summed E-state index contributed by atoms with van der Waals surface area (Å²) >= 11 is 0. The summed E-state index contributed by atoms with van der Waals surface area (Å²) < 4.78 is 5.29. The fourth-order valence-corrected chi connectivity index (χ4v) is 1.49. The molecule has 0 aromatic carbocycles. The Bertz CT molecular complexity index is 276. The molecule has 0 amide bonds. The summed E-state index contributed by atoms with van der Waals surface area (Å²) in [5.41, 5.74) is 0.958. The van der Waals surface area contributed by atoms with Gasteiger partial charge in [0.2, 0.25) is 0 Å². The summed E-state index contributed by atoms with van der Waals surface area (Å²) in [5.74, 6) is -0.0918. The van der Waals surface area contributed by atoms with E-state index in [-0.39, 0.29) is 18.0 Å². The van der Waals surface area contributed by atoms with Crippen LogP contribution in [0.5, 0.6) is 0 Å². The first-order chi connectivity index (χ1) is 7.52. The van der Waals surface area contributed by atoms with E-state index in [1.165, 1.54) is 6.92 Å². The van der Waals surface area contributed by atoms with E-state index in [4.69, 9.17) is 4.74 Å². The maximum Gasteiger partial charge on any atom is 0.302 e. The number of allylic oxidation sites excluding steroid dienone is 3. The first kappa shape index (κ1) is 14.7. The molecule has 0 rings (SSSR count). The number of esters is 1. The van der Waals surface area contributed by atoms with Crippen LogP contribution >= 0.6 is 0 Å². The molecule has 0 saturated carbocycles. The highest BCUT2D eigenvalue weighted by molar-refractivity contribution is 5.66. The lowest BCUT2D eigenvalue weighted by atomic mass is 9.93. The van der Waals surface area contributed by atoms with Gasteiger partial charge >= 0.3 is 5.97 Å². The minimum Gasteiger partial charge on any atom is -0.462 e. The maximum atomic E-state index is 11.0. The Morgan fingerprint density at radius 3 is 2.56 bits per heavy atom. The monoisotopic (exact) mass is 222 g/mol. The second kappa shape index (κ2) is 7.91. The molecule has 0 fully saturated rings. The van der Waals surface area contributed by atoms with E-state index >= 15 is 0 Å². The van der Waals surface area contributed by atoms with Crippen molar-refractivity contribution in [2.24, 2.45) is 5.92 Å². The summed E-state index contributed by atoms with van der Waals surface area (Å²) in [4.78, 5) is 11.0. The van der Waals surface area contributed by atoms with E-state index in [1.54, 1.807) is 6.08 Å². The van der Waals surface area contributed by atoms with Crippen LogP contribution in [0.2, 0.25) is 0 Å². The summed E-state index contributed by atoms with van der Waals surface area (Å²) in [7, 11) is 0. The van der Waals surface area contributed by atoms with E-state index in [1.807, 2.05) is 19.1 Å². The van der Waals surface area contributed by atoms with Gasteiger partial charge in [-0.25, -0.2) is 0 Å². The molecule has 0 aliphatic carbocycles. The molecule has 2 nitrogen and oxygen atoms in total. The van der Waals surface area contributed by atoms with Gasteiger partial charge in [-0.15, -0.1) is 0 Å². The Kier molecular flexibility index (Phi) is 7.27.